The lowest BCUT2D eigenvalue weighted by atomic mass is 9.54. The highest BCUT2D eigenvalue weighted by Crippen LogP contribution is 2.63. The molecule has 196 valence electrons. The van der Waals surface area contributed by atoms with Crippen LogP contribution in [0.25, 0.3) is 0 Å². The van der Waals surface area contributed by atoms with E-state index in [2.05, 4.69) is 31.1 Å². The van der Waals surface area contributed by atoms with Gasteiger partial charge in [0.15, 0.2) is 5.78 Å². The van der Waals surface area contributed by atoms with Crippen LogP contribution in [0, 0.1) is 29.0 Å². The van der Waals surface area contributed by atoms with Gasteiger partial charge in [0.05, 0.1) is 6.26 Å². The van der Waals surface area contributed by atoms with Gasteiger partial charge < -0.3 is 10.4 Å². The van der Waals surface area contributed by atoms with Crippen LogP contribution in [-0.2, 0) is 16.0 Å². The molecular weight excluding hydrogens is 467 g/mol. The summed E-state index contributed by atoms with van der Waals surface area (Å²) >= 11 is 0. The van der Waals surface area contributed by atoms with Crippen LogP contribution in [0.1, 0.15) is 87.8 Å². The molecule has 0 spiro atoms. The van der Waals surface area contributed by atoms with E-state index in [1.54, 1.807) is 18.3 Å². The monoisotopic (exact) mass is 504 g/mol. The predicted octanol–water partition coefficient (Wildman–Crippen LogP) is 6.86. The number of halogens is 1. The van der Waals surface area contributed by atoms with Crippen LogP contribution < -0.4 is 5.32 Å². The summed E-state index contributed by atoms with van der Waals surface area (Å²) in [6.45, 7) is 6.27. The lowest BCUT2D eigenvalue weighted by Gasteiger charge is -2.49. The van der Waals surface area contributed by atoms with Crippen LogP contribution in [0.2, 0.25) is 0 Å². The summed E-state index contributed by atoms with van der Waals surface area (Å²) in [6.07, 6.45) is 7.84. The zero-order valence-electron chi connectivity index (χ0n) is 22.0. The number of Topliss-reactive ketones (excluding diaryl/α,β-unsaturated/α-hetero) is 1. The zero-order chi connectivity index (χ0) is 26.3. The van der Waals surface area contributed by atoms with E-state index >= 15 is 0 Å². The van der Waals surface area contributed by atoms with Crippen molar-refractivity contribution in [2.75, 3.05) is 5.32 Å². The fraction of sp³-hybridized carbons (Fsp3) is 0.516. The Morgan fingerprint density at radius 1 is 1.27 bits per heavy atom. The average molecular weight is 505 g/mol. The quantitative estimate of drug-likeness (QED) is 0.333. The Hall–Kier alpha value is -3.02. The van der Waals surface area contributed by atoms with Crippen LogP contribution in [0.15, 0.2) is 48.4 Å². The predicted molar refractivity (Wildman–Crippen MR) is 142 cm³/mol. The highest BCUT2D eigenvalue weighted by atomic mass is 19.1. The number of rotatable bonds is 6. The molecule has 1 amide bonds. The maximum atomic E-state index is 13.9. The lowest BCUT2D eigenvalue weighted by molar-refractivity contribution is -0.127. The molecule has 0 saturated heterocycles. The van der Waals surface area contributed by atoms with Crippen LogP contribution >= 0.6 is 0 Å². The number of aliphatic hydroxyl groups excluding tert-OH is 1. The molecule has 2 N–H and O–H groups in total. The number of nitrogens with zero attached hydrogens (tertiary/aromatic N) is 1. The molecular formula is C31H37FN2O3. The topological polar surface area (TPSA) is 79.3 Å². The SMILES string of the molecule is CC(C)c1ccc(NC(=O)CCC[C@@H]2/C(=C/O)C(=O)[C@@]3(C)CCC4c5ccc(F)cc5CCC4C23)nc1. The maximum Gasteiger partial charge on any atom is 0.225 e. The number of nitrogens with one attached hydrogen (secondary N) is 1. The molecule has 1 heterocycles. The number of carbonyl (C=O) groups excluding carboxylic acids is 2. The van der Waals surface area contributed by atoms with Crippen molar-refractivity contribution >= 4 is 17.5 Å². The Balaban J connectivity index is 1.29. The number of aromatic nitrogens is 1. The summed E-state index contributed by atoms with van der Waals surface area (Å²) in [7, 11) is 0. The van der Waals surface area contributed by atoms with Gasteiger partial charge in [-0.3, -0.25) is 9.59 Å². The number of aryl methyl sites for hydroxylation is 1. The van der Waals surface area contributed by atoms with Crippen molar-refractivity contribution in [2.45, 2.75) is 77.6 Å². The molecule has 0 radical (unpaired) electrons. The van der Waals surface area contributed by atoms with Crippen molar-refractivity contribution in [1.82, 2.24) is 4.98 Å². The summed E-state index contributed by atoms with van der Waals surface area (Å²) in [5, 5.41) is 13.0. The molecule has 3 unspecified atom stereocenters. The number of anilines is 1. The first-order valence-electron chi connectivity index (χ1n) is 13.7. The van der Waals surface area contributed by atoms with Gasteiger partial charge >= 0.3 is 0 Å². The Morgan fingerprint density at radius 2 is 2.08 bits per heavy atom. The van der Waals surface area contributed by atoms with Crippen LogP contribution in [0.3, 0.4) is 0 Å². The molecule has 2 aromatic rings. The minimum atomic E-state index is -0.498. The molecule has 2 saturated carbocycles. The standard InChI is InChI=1S/C31H37FN2O3/c1-18(2)20-8-12-27(33-16-20)34-28(36)6-4-5-24-26(17-35)30(37)31(3)14-13-23-22-11-9-21(32)15-19(22)7-10-25(23)29(24)31/h8-9,11-12,15-18,23-25,29,35H,4-7,10,13-14H2,1-3H3,(H,33,34,36)/b26-17-/t23?,24-,25?,29?,31+/m1/s1. The molecule has 5 nitrogen and oxygen atoms in total. The number of allylic oxidation sites excluding steroid dienone is 1. The summed E-state index contributed by atoms with van der Waals surface area (Å²) in [6, 6.07) is 8.96. The van der Waals surface area contributed by atoms with Gasteiger partial charge in [-0.25, -0.2) is 9.37 Å². The molecule has 1 aromatic heterocycles. The number of amides is 1. The lowest BCUT2D eigenvalue weighted by Crippen LogP contribution is -2.44. The summed E-state index contributed by atoms with van der Waals surface area (Å²) in [5.74, 6) is 1.34. The smallest absolute Gasteiger partial charge is 0.225 e. The van der Waals surface area contributed by atoms with E-state index in [4.69, 9.17) is 0 Å². The molecule has 37 heavy (non-hydrogen) atoms. The van der Waals surface area contributed by atoms with E-state index in [0.717, 1.165) is 43.1 Å². The molecule has 5 rings (SSSR count). The average Bonchev–Trinajstić information content (AvgIpc) is 3.09. The molecule has 1 aromatic carbocycles. The highest BCUT2D eigenvalue weighted by Gasteiger charge is 2.60. The van der Waals surface area contributed by atoms with E-state index in [0.29, 0.717) is 48.4 Å². The van der Waals surface area contributed by atoms with Crippen LogP contribution in [-0.4, -0.2) is 21.8 Å². The van der Waals surface area contributed by atoms with Gasteiger partial charge in [0.1, 0.15) is 11.6 Å². The van der Waals surface area contributed by atoms with Crippen LogP contribution in [0.5, 0.6) is 0 Å². The molecule has 0 bridgehead atoms. The molecule has 3 aliphatic carbocycles. The van der Waals surface area contributed by atoms with Crippen molar-refractivity contribution in [3.8, 4) is 0 Å². The van der Waals surface area contributed by atoms with Gasteiger partial charge in [-0.1, -0.05) is 32.9 Å². The van der Waals surface area contributed by atoms with Gasteiger partial charge in [0, 0.05) is 23.6 Å². The Labute approximate surface area is 218 Å². The van der Waals surface area contributed by atoms with Crippen molar-refractivity contribution in [3.05, 3.63) is 70.9 Å². The number of fused-ring (bicyclic) bond motifs is 5. The van der Waals surface area contributed by atoms with E-state index in [1.807, 2.05) is 18.2 Å². The first-order chi connectivity index (χ1) is 17.7. The van der Waals surface area contributed by atoms with Gasteiger partial charge in [0.2, 0.25) is 5.91 Å². The molecule has 5 atom stereocenters. The van der Waals surface area contributed by atoms with Crippen LogP contribution in [0.4, 0.5) is 10.2 Å². The van der Waals surface area contributed by atoms with Crippen molar-refractivity contribution in [3.63, 3.8) is 0 Å². The number of aliphatic hydroxyl groups is 1. The molecule has 6 heteroatoms. The Bertz CT molecular complexity index is 1220. The fourth-order valence-electron chi connectivity index (χ4n) is 7.50. The van der Waals surface area contributed by atoms with Gasteiger partial charge in [-0.05, 0) is 103 Å². The summed E-state index contributed by atoms with van der Waals surface area (Å²) in [5.41, 5.74) is 3.46. The van der Waals surface area contributed by atoms with E-state index in [9.17, 15) is 19.1 Å². The number of ketones is 1. The number of pyridine rings is 1. The third-order valence-electron chi connectivity index (χ3n) is 9.33. The van der Waals surface area contributed by atoms with E-state index in [-0.39, 0.29) is 29.3 Å². The largest absolute Gasteiger partial charge is 0.515 e. The first-order valence-corrected chi connectivity index (χ1v) is 13.7. The number of carbonyl (C=O) groups is 2. The van der Waals surface area contributed by atoms with Crippen molar-refractivity contribution in [1.29, 1.82) is 0 Å². The Morgan fingerprint density at radius 3 is 2.78 bits per heavy atom. The number of benzene rings is 1. The number of hydrogen-bond acceptors (Lipinski definition) is 4. The van der Waals surface area contributed by atoms with Crippen molar-refractivity contribution in [2.24, 2.45) is 23.2 Å². The second-order valence-electron chi connectivity index (χ2n) is 11.7. The third kappa shape index (κ3) is 4.60. The fourth-order valence-corrected chi connectivity index (χ4v) is 7.50. The van der Waals surface area contributed by atoms with E-state index in [1.165, 1.54) is 5.56 Å². The maximum absolute atomic E-state index is 13.9. The molecule has 0 aliphatic heterocycles. The molecule has 3 aliphatic rings. The van der Waals surface area contributed by atoms with Crippen molar-refractivity contribution < 1.29 is 19.1 Å². The second-order valence-corrected chi connectivity index (χ2v) is 11.7. The minimum absolute atomic E-state index is 0.0623. The second kappa shape index (κ2) is 10.0. The first kappa shape index (κ1) is 25.6. The van der Waals surface area contributed by atoms with E-state index < -0.39 is 5.41 Å². The Kier molecular flexibility index (Phi) is 6.95. The highest BCUT2D eigenvalue weighted by molar-refractivity contribution is 6.03. The third-order valence-corrected chi connectivity index (χ3v) is 9.33. The minimum Gasteiger partial charge on any atom is -0.515 e. The van der Waals surface area contributed by atoms with Gasteiger partial charge in [-0.2, -0.15) is 0 Å². The van der Waals surface area contributed by atoms with Gasteiger partial charge in [-0.15, -0.1) is 0 Å². The molecule has 2 fully saturated rings. The zero-order valence-corrected chi connectivity index (χ0v) is 22.0. The summed E-state index contributed by atoms with van der Waals surface area (Å²) in [4.78, 5) is 30.5. The normalized spacial score (nSPS) is 29.6. The number of hydrogen-bond donors (Lipinski definition) is 2. The van der Waals surface area contributed by atoms with Gasteiger partial charge in [0.25, 0.3) is 0 Å². The summed E-state index contributed by atoms with van der Waals surface area (Å²) < 4.78 is 13.9.